The van der Waals surface area contributed by atoms with Crippen LogP contribution in [0.3, 0.4) is 0 Å². The number of nitrogens with zero attached hydrogens (tertiary/aromatic N) is 1. The van der Waals surface area contributed by atoms with Gasteiger partial charge >= 0.3 is 0 Å². The van der Waals surface area contributed by atoms with Gasteiger partial charge in [-0.15, -0.1) is 0 Å². The number of H-pyrrole nitrogens is 1. The molecule has 2 amide bonds. The molecule has 0 bridgehead atoms. The standard InChI is InChI=1S/C21H25BrN4O2/c1-5-13(4)18-19(27)26-21(25-18,12(2)3)20(28)23-9-8-14-11-24-17-7-6-15(22)10-16(14)17/h6-13,24H,5H2,1-4H3,(H,23,28)(H,26,27)/b9-8-. The van der Waals surface area contributed by atoms with E-state index in [0.29, 0.717) is 5.71 Å². The number of nitrogens with one attached hydrogen (secondary N) is 3. The SMILES string of the molecule is CCC(C)C1=NC(C(=O)N/C=C\c2c[nH]c3ccc(Br)cc23)(C(C)C)NC1=O. The Morgan fingerprint density at radius 3 is 2.79 bits per heavy atom. The van der Waals surface area contributed by atoms with E-state index < -0.39 is 5.66 Å². The van der Waals surface area contributed by atoms with Crippen molar-refractivity contribution >= 4 is 50.4 Å². The molecule has 6 nitrogen and oxygen atoms in total. The third-order valence-corrected chi connectivity index (χ3v) is 5.74. The minimum Gasteiger partial charge on any atom is -0.361 e. The van der Waals surface area contributed by atoms with Crippen LogP contribution in [0.4, 0.5) is 0 Å². The molecule has 3 rings (SSSR count). The number of halogens is 1. The highest BCUT2D eigenvalue weighted by molar-refractivity contribution is 9.10. The van der Waals surface area contributed by atoms with Crippen LogP contribution < -0.4 is 10.6 Å². The summed E-state index contributed by atoms with van der Waals surface area (Å²) in [4.78, 5) is 33.1. The molecular formula is C21H25BrN4O2. The van der Waals surface area contributed by atoms with Crippen molar-refractivity contribution in [3.8, 4) is 0 Å². The van der Waals surface area contributed by atoms with Gasteiger partial charge in [0.15, 0.2) is 0 Å². The smallest absolute Gasteiger partial charge is 0.272 e. The Balaban J connectivity index is 1.82. The Labute approximate surface area is 173 Å². The molecule has 148 valence electrons. The molecule has 28 heavy (non-hydrogen) atoms. The van der Waals surface area contributed by atoms with E-state index in [1.165, 1.54) is 0 Å². The van der Waals surface area contributed by atoms with Crippen molar-refractivity contribution in [2.24, 2.45) is 16.8 Å². The summed E-state index contributed by atoms with van der Waals surface area (Å²) in [6.07, 6.45) is 6.10. The number of fused-ring (bicyclic) bond motifs is 1. The molecule has 2 atom stereocenters. The molecule has 0 aliphatic carbocycles. The van der Waals surface area contributed by atoms with E-state index in [4.69, 9.17) is 0 Å². The minimum atomic E-state index is -1.27. The van der Waals surface area contributed by atoms with Crippen molar-refractivity contribution in [3.63, 3.8) is 0 Å². The number of rotatable bonds is 6. The fourth-order valence-corrected chi connectivity index (χ4v) is 3.61. The number of carbonyl (C=O) groups excluding carboxylic acids is 2. The van der Waals surface area contributed by atoms with Crippen LogP contribution in [0.15, 0.2) is 40.1 Å². The number of hydrogen-bond donors (Lipinski definition) is 3. The van der Waals surface area contributed by atoms with Gasteiger partial charge < -0.3 is 15.6 Å². The maximum atomic E-state index is 13.0. The van der Waals surface area contributed by atoms with E-state index >= 15 is 0 Å². The summed E-state index contributed by atoms with van der Waals surface area (Å²) < 4.78 is 0.984. The minimum absolute atomic E-state index is 0.00799. The first-order valence-corrected chi connectivity index (χ1v) is 10.2. The largest absolute Gasteiger partial charge is 0.361 e. The van der Waals surface area contributed by atoms with E-state index in [1.54, 1.807) is 6.20 Å². The van der Waals surface area contributed by atoms with Crippen molar-refractivity contribution in [3.05, 3.63) is 40.6 Å². The Morgan fingerprint density at radius 2 is 2.11 bits per heavy atom. The number of aliphatic imine (C=N–C) groups is 1. The average Bonchev–Trinajstić information content (AvgIpc) is 3.22. The Bertz CT molecular complexity index is 976. The molecule has 1 aliphatic heterocycles. The Kier molecular flexibility index (Phi) is 5.74. The molecule has 1 aromatic heterocycles. The normalized spacial score (nSPS) is 20.6. The van der Waals surface area contributed by atoms with E-state index in [1.807, 2.05) is 58.2 Å². The maximum absolute atomic E-state index is 13.0. The maximum Gasteiger partial charge on any atom is 0.272 e. The van der Waals surface area contributed by atoms with Crippen molar-refractivity contribution in [2.45, 2.75) is 39.8 Å². The van der Waals surface area contributed by atoms with Gasteiger partial charge in [-0.2, -0.15) is 0 Å². The average molecular weight is 445 g/mol. The molecule has 1 aliphatic rings. The zero-order valence-electron chi connectivity index (χ0n) is 16.5. The van der Waals surface area contributed by atoms with E-state index in [0.717, 1.165) is 27.4 Å². The van der Waals surface area contributed by atoms with Gasteiger partial charge in [0.1, 0.15) is 5.71 Å². The van der Waals surface area contributed by atoms with Crippen molar-refractivity contribution in [1.29, 1.82) is 0 Å². The summed E-state index contributed by atoms with van der Waals surface area (Å²) >= 11 is 3.48. The van der Waals surface area contributed by atoms with Gasteiger partial charge in [0, 0.05) is 45.2 Å². The van der Waals surface area contributed by atoms with Gasteiger partial charge in [0.2, 0.25) is 5.66 Å². The first-order valence-electron chi connectivity index (χ1n) is 9.45. The Hall–Kier alpha value is -2.41. The van der Waals surface area contributed by atoms with Crippen LogP contribution in [0.25, 0.3) is 17.0 Å². The van der Waals surface area contributed by atoms with E-state index in [2.05, 4.69) is 36.5 Å². The molecule has 0 saturated carbocycles. The van der Waals surface area contributed by atoms with Crippen molar-refractivity contribution in [2.75, 3.05) is 0 Å². The van der Waals surface area contributed by atoms with Crippen molar-refractivity contribution < 1.29 is 9.59 Å². The summed E-state index contributed by atoms with van der Waals surface area (Å²) in [5.74, 6) is -0.779. The number of amides is 2. The summed E-state index contributed by atoms with van der Waals surface area (Å²) in [6, 6.07) is 5.97. The molecule has 3 N–H and O–H groups in total. The molecule has 1 aromatic carbocycles. The lowest BCUT2D eigenvalue weighted by Crippen LogP contribution is -2.57. The third kappa shape index (κ3) is 3.63. The predicted molar refractivity (Wildman–Crippen MR) is 116 cm³/mol. The highest BCUT2D eigenvalue weighted by Crippen LogP contribution is 2.27. The molecular weight excluding hydrogens is 420 g/mol. The summed E-state index contributed by atoms with van der Waals surface area (Å²) in [5, 5.41) is 6.65. The number of hydrogen-bond acceptors (Lipinski definition) is 3. The quantitative estimate of drug-likeness (QED) is 0.628. The van der Waals surface area contributed by atoms with Crippen LogP contribution in [-0.4, -0.2) is 28.2 Å². The lowest BCUT2D eigenvalue weighted by molar-refractivity contribution is -0.131. The van der Waals surface area contributed by atoms with Gasteiger partial charge in [-0.25, -0.2) is 4.99 Å². The number of aromatic amines is 1. The topological polar surface area (TPSA) is 86.3 Å². The Morgan fingerprint density at radius 1 is 1.36 bits per heavy atom. The predicted octanol–water partition coefficient (Wildman–Crippen LogP) is 3.99. The molecule has 2 unspecified atom stereocenters. The van der Waals surface area contributed by atoms with E-state index in [-0.39, 0.29) is 23.7 Å². The molecule has 0 spiro atoms. The lowest BCUT2D eigenvalue weighted by Gasteiger charge is -2.28. The van der Waals surface area contributed by atoms with Crippen LogP contribution in [0.5, 0.6) is 0 Å². The second-order valence-electron chi connectivity index (χ2n) is 7.42. The molecule has 2 heterocycles. The molecule has 0 saturated heterocycles. The zero-order chi connectivity index (χ0) is 20.5. The number of carbonyl (C=O) groups is 2. The second kappa shape index (κ2) is 7.91. The highest BCUT2D eigenvalue weighted by Gasteiger charge is 2.48. The lowest BCUT2D eigenvalue weighted by atomic mass is 9.96. The number of aromatic nitrogens is 1. The fraction of sp³-hybridized carbons (Fsp3) is 0.381. The van der Waals surface area contributed by atoms with Gasteiger partial charge in [-0.1, -0.05) is 43.6 Å². The van der Waals surface area contributed by atoms with Crippen LogP contribution in [0.1, 0.15) is 39.7 Å². The van der Waals surface area contributed by atoms with Crippen molar-refractivity contribution in [1.82, 2.24) is 15.6 Å². The molecule has 0 fully saturated rings. The van der Waals surface area contributed by atoms with Gasteiger partial charge in [-0.3, -0.25) is 9.59 Å². The van der Waals surface area contributed by atoms with Crippen LogP contribution in [0.2, 0.25) is 0 Å². The third-order valence-electron chi connectivity index (χ3n) is 5.25. The van der Waals surface area contributed by atoms with E-state index in [9.17, 15) is 9.59 Å². The summed E-state index contributed by atoms with van der Waals surface area (Å²) in [5.41, 5.74) is 1.13. The summed E-state index contributed by atoms with van der Waals surface area (Å²) in [6.45, 7) is 7.70. The monoisotopic (exact) mass is 444 g/mol. The van der Waals surface area contributed by atoms with Gasteiger partial charge in [0.05, 0.1) is 0 Å². The first kappa shape index (κ1) is 20.3. The summed E-state index contributed by atoms with van der Waals surface area (Å²) in [7, 11) is 0. The molecule has 0 radical (unpaired) electrons. The second-order valence-corrected chi connectivity index (χ2v) is 8.34. The van der Waals surface area contributed by atoms with Crippen LogP contribution >= 0.6 is 15.9 Å². The number of benzene rings is 1. The van der Waals surface area contributed by atoms with Gasteiger partial charge in [-0.05, 0) is 30.7 Å². The molecule has 2 aromatic rings. The molecule has 7 heteroatoms. The van der Waals surface area contributed by atoms with Crippen LogP contribution in [0, 0.1) is 11.8 Å². The highest BCUT2D eigenvalue weighted by atomic mass is 79.9. The first-order chi connectivity index (χ1) is 13.3. The van der Waals surface area contributed by atoms with Crippen LogP contribution in [-0.2, 0) is 9.59 Å². The fourth-order valence-electron chi connectivity index (χ4n) is 3.25. The zero-order valence-corrected chi connectivity index (χ0v) is 18.1. The van der Waals surface area contributed by atoms with Gasteiger partial charge in [0.25, 0.3) is 11.8 Å².